The summed E-state index contributed by atoms with van der Waals surface area (Å²) in [6, 6.07) is 0. The maximum absolute atomic E-state index is 11.4. The molecule has 0 aromatic carbocycles. The Bertz CT molecular complexity index is 289. The number of carbonyl (C=O) groups is 1. The zero-order valence-corrected chi connectivity index (χ0v) is 12.7. The SMILES string of the molecule is CC(C)(O)C(=O)OCCCC1(CCCCO)CCCO1. The van der Waals surface area contributed by atoms with E-state index in [1.165, 1.54) is 13.8 Å². The fourth-order valence-corrected chi connectivity index (χ4v) is 2.57. The Morgan fingerprint density at radius 1 is 1.30 bits per heavy atom. The van der Waals surface area contributed by atoms with Crippen molar-refractivity contribution in [2.75, 3.05) is 19.8 Å². The summed E-state index contributed by atoms with van der Waals surface area (Å²) in [6.07, 6.45) is 6.42. The van der Waals surface area contributed by atoms with Gasteiger partial charge in [0.2, 0.25) is 0 Å². The third-order valence-electron chi connectivity index (χ3n) is 3.73. The van der Waals surface area contributed by atoms with E-state index in [0.717, 1.165) is 51.6 Å². The monoisotopic (exact) mass is 288 g/mol. The summed E-state index contributed by atoms with van der Waals surface area (Å²) >= 11 is 0. The molecular weight excluding hydrogens is 260 g/mol. The Labute approximate surface area is 121 Å². The molecule has 1 atom stereocenters. The highest BCUT2D eigenvalue weighted by Gasteiger charge is 2.34. The lowest BCUT2D eigenvalue weighted by Crippen LogP contribution is -2.34. The molecule has 0 aromatic rings. The predicted octanol–water partition coefficient (Wildman–Crippen LogP) is 1.79. The maximum Gasteiger partial charge on any atom is 0.337 e. The molecule has 1 unspecified atom stereocenters. The van der Waals surface area contributed by atoms with Crippen molar-refractivity contribution in [3.05, 3.63) is 0 Å². The topological polar surface area (TPSA) is 76.0 Å². The molecule has 0 saturated carbocycles. The van der Waals surface area contributed by atoms with Gasteiger partial charge in [0, 0.05) is 13.2 Å². The van der Waals surface area contributed by atoms with Gasteiger partial charge < -0.3 is 19.7 Å². The Kier molecular flexibility index (Phi) is 6.92. The van der Waals surface area contributed by atoms with Crippen molar-refractivity contribution < 1.29 is 24.5 Å². The van der Waals surface area contributed by atoms with E-state index in [2.05, 4.69) is 0 Å². The van der Waals surface area contributed by atoms with Crippen LogP contribution in [0.25, 0.3) is 0 Å². The third kappa shape index (κ3) is 5.77. The summed E-state index contributed by atoms with van der Waals surface area (Å²) in [5.74, 6) is -0.584. The first-order chi connectivity index (χ1) is 9.40. The van der Waals surface area contributed by atoms with E-state index in [1.54, 1.807) is 0 Å². The molecule has 5 nitrogen and oxygen atoms in total. The van der Waals surface area contributed by atoms with Crippen molar-refractivity contribution in [1.82, 2.24) is 0 Å². The van der Waals surface area contributed by atoms with E-state index in [9.17, 15) is 9.90 Å². The zero-order chi connectivity index (χ0) is 15.1. The number of hydrogen-bond donors (Lipinski definition) is 2. The van der Waals surface area contributed by atoms with Gasteiger partial charge in [-0.3, -0.25) is 0 Å². The van der Waals surface area contributed by atoms with Gasteiger partial charge in [-0.1, -0.05) is 0 Å². The molecule has 1 aliphatic rings. The number of aliphatic hydroxyl groups is 2. The van der Waals surface area contributed by atoms with Crippen molar-refractivity contribution >= 4 is 5.97 Å². The Balaban J connectivity index is 2.27. The van der Waals surface area contributed by atoms with E-state index >= 15 is 0 Å². The average molecular weight is 288 g/mol. The normalized spacial score (nSPS) is 23.0. The standard InChI is InChI=1S/C15H28O5/c1-14(2,18)13(17)19-11-5-8-15(7-3-4-10-16)9-6-12-20-15/h16,18H,3-12H2,1-2H3. The van der Waals surface area contributed by atoms with Gasteiger partial charge >= 0.3 is 5.97 Å². The number of hydrogen-bond acceptors (Lipinski definition) is 5. The first kappa shape index (κ1) is 17.4. The summed E-state index contributed by atoms with van der Waals surface area (Å²) in [7, 11) is 0. The molecule has 0 bridgehead atoms. The van der Waals surface area contributed by atoms with Gasteiger partial charge in [0.25, 0.3) is 0 Å². The van der Waals surface area contributed by atoms with E-state index in [1.807, 2.05) is 0 Å². The second kappa shape index (κ2) is 7.96. The molecule has 0 aliphatic carbocycles. The molecular formula is C15H28O5. The molecule has 118 valence electrons. The third-order valence-corrected chi connectivity index (χ3v) is 3.73. The quantitative estimate of drug-likeness (QED) is 0.500. The van der Waals surface area contributed by atoms with Crippen LogP contribution >= 0.6 is 0 Å². The van der Waals surface area contributed by atoms with E-state index in [-0.39, 0.29) is 12.2 Å². The lowest BCUT2D eigenvalue weighted by molar-refractivity contribution is -0.162. The van der Waals surface area contributed by atoms with Crippen molar-refractivity contribution in [3.63, 3.8) is 0 Å². The van der Waals surface area contributed by atoms with Gasteiger partial charge in [0.05, 0.1) is 12.2 Å². The van der Waals surface area contributed by atoms with Crippen molar-refractivity contribution in [2.45, 2.75) is 70.0 Å². The van der Waals surface area contributed by atoms with Gasteiger partial charge in [-0.05, 0) is 58.8 Å². The molecule has 0 amide bonds. The van der Waals surface area contributed by atoms with Crippen LogP contribution in [0.4, 0.5) is 0 Å². The van der Waals surface area contributed by atoms with Crippen LogP contribution in [-0.2, 0) is 14.3 Å². The van der Waals surface area contributed by atoms with Crippen LogP contribution in [0.5, 0.6) is 0 Å². The fraction of sp³-hybridized carbons (Fsp3) is 0.933. The first-order valence-electron chi connectivity index (χ1n) is 7.54. The summed E-state index contributed by atoms with van der Waals surface area (Å²) in [6.45, 7) is 4.17. The largest absolute Gasteiger partial charge is 0.464 e. The lowest BCUT2D eigenvalue weighted by atomic mass is 9.89. The number of esters is 1. The molecule has 20 heavy (non-hydrogen) atoms. The average Bonchev–Trinajstić information content (AvgIpc) is 2.83. The highest BCUT2D eigenvalue weighted by atomic mass is 16.5. The number of ether oxygens (including phenoxy) is 2. The first-order valence-corrected chi connectivity index (χ1v) is 7.54. The van der Waals surface area contributed by atoms with Gasteiger partial charge in [0.1, 0.15) is 0 Å². The van der Waals surface area contributed by atoms with Gasteiger partial charge in [-0.15, -0.1) is 0 Å². The lowest BCUT2D eigenvalue weighted by Gasteiger charge is -2.28. The molecule has 1 rings (SSSR count). The fourth-order valence-electron chi connectivity index (χ4n) is 2.57. The minimum absolute atomic E-state index is 0.101. The molecule has 1 saturated heterocycles. The summed E-state index contributed by atoms with van der Waals surface area (Å²) in [5, 5.41) is 18.3. The highest BCUT2D eigenvalue weighted by Crippen LogP contribution is 2.35. The second-order valence-corrected chi connectivity index (χ2v) is 6.11. The molecule has 1 heterocycles. The summed E-state index contributed by atoms with van der Waals surface area (Å²) in [4.78, 5) is 11.4. The summed E-state index contributed by atoms with van der Waals surface area (Å²) < 4.78 is 10.9. The minimum atomic E-state index is -1.43. The molecule has 1 aliphatic heterocycles. The molecule has 2 N–H and O–H groups in total. The summed E-state index contributed by atoms with van der Waals surface area (Å²) in [5.41, 5.74) is -1.53. The molecule has 5 heteroatoms. The maximum atomic E-state index is 11.4. The van der Waals surface area contributed by atoms with Crippen LogP contribution in [0, 0.1) is 0 Å². The van der Waals surface area contributed by atoms with Crippen molar-refractivity contribution in [1.29, 1.82) is 0 Å². The van der Waals surface area contributed by atoms with E-state index in [0.29, 0.717) is 6.61 Å². The number of aliphatic hydroxyl groups excluding tert-OH is 1. The van der Waals surface area contributed by atoms with Crippen LogP contribution < -0.4 is 0 Å². The van der Waals surface area contributed by atoms with Crippen molar-refractivity contribution in [2.24, 2.45) is 0 Å². The van der Waals surface area contributed by atoms with Gasteiger partial charge in [0.15, 0.2) is 5.60 Å². The van der Waals surface area contributed by atoms with Crippen LogP contribution in [0.15, 0.2) is 0 Å². The van der Waals surface area contributed by atoms with Gasteiger partial charge in [-0.25, -0.2) is 4.79 Å². The molecule has 1 fully saturated rings. The number of unbranched alkanes of at least 4 members (excludes halogenated alkanes) is 1. The van der Waals surface area contributed by atoms with Crippen LogP contribution in [0.2, 0.25) is 0 Å². The van der Waals surface area contributed by atoms with E-state index < -0.39 is 11.6 Å². The Morgan fingerprint density at radius 2 is 2.00 bits per heavy atom. The Morgan fingerprint density at radius 3 is 2.55 bits per heavy atom. The number of rotatable bonds is 9. The second-order valence-electron chi connectivity index (χ2n) is 6.11. The van der Waals surface area contributed by atoms with Gasteiger partial charge in [-0.2, -0.15) is 0 Å². The smallest absolute Gasteiger partial charge is 0.337 e. The molecule has 0 radical (unpaired) electrons. The Hall–Kier alpha value is -0.650. The van der Waals surface area contributed by atoms with Crippen LogP contribution in [0.1, 0.15) is 58.8 Å². The zero-order valence-electron chi connectivity index (χ0n) is 12.7. The molecule has 0 spiro atoms. The van der Waals surface area contributed by atoms with Crippen LogP contribution in [0.3, 0.4) is 0 Å². The predicted molar refractivity (Wildman–Crippen MR) is 75.3 cm³/mol. The number of carbonyl (C=O) groups excluding carboxylic acids is 1. The van der Waals surface area contributed by atoms with Crippen LogP contribution in [-0.4, -0.2) is 47.2 Å². The minimum Gasteiger partial charge on any atom is -0.464 e. The molecule has 0 aromatic heterocycles. The van der Waals surface area contributed by atoms with Crippen molar-refractivity contribution in [3.8, 4) is 0 Å². The van der Waals surface area contributed by atoms with E-state index in [4.69, 9.17) is 14.6 Å². The highest BCUT2D eigenvalue weighted by molar-refractivity contribution is 5.78.